The number of para-hydroxylation sites is 1. The Bertz CT molecular complexity index is 820. The van der Waals surface area contributed by atoms with Crippen LogP contribution in [0.4, 0.5) is 11.4 Å². The van der Waals surface area contributed by atoms with E-state index in [9.17, 15) is 4.79 Å². The van der Waals surface area contributed by atoms with Crippen molar-refractivity contribution >= 4 is 28.2 Å². The van der Waals surface area contributed by atoms with Crippen LogP contribution in [-0.2, 0) is 17.6 Å². The van der Waals surface area contributed by atoms with Gasteiger partial charge in [0.05, 0.1) is 6.42 Å². The number of aromatic amines is 1. The number of nitrogens with two attached hydrogens (primary N) is 1. The van der Waals surface area contributed by atoms with Gasteiger partial charge in [0.15, 0.2) is 0 Å². The van der Waals surface area contributed by atoms with Crippen molar-refractivity contribution < 1.29 is 4.79 Å². The Morgan fingerprint density at radius 1 is 1.18 bits per heavy atom. The Kier molecular flexibility index (Phi) is 3.83. The van der Waals surface area contributed by atoms with Gasteiger partial charge in [0.25, 0.3) is 0 Å². The summed E-state index contributed by atoms with van der Waals surface area (Å²) < 4.78 is 0. The van der Waals surface area contributed by atoms with Gasteiger partial charge in [-0.2, -0.15) is 0 Å². The van der Waals surface area contributed by atoms with Crippen LogP contribution >= 0.6 is 0 Å². The van der Waals surface area contributed by atoms with E-state index < -0.39 is 0 Å². The minimum absolute atomic E-state index is 0.0478. The lowest BCUT2D eigenvalue weighted by Crippen LogP contribution is -2.14. The number of benzene rings is 2. The first-order valence-electron chi connectivity index (χ1n) is 7.40. The van der Waals surface area contributed by atoms with E-state index in [0.717, 1.165) is 34.1 Å². The van der Waals surface area contributed by atoms with Gasteiger partial charge in [-0.15, -0.1) is 0 Å². The third-order valence-electron chi connectivity index (χ3n) is 3.84. The zero-order valence-corrected chi connectivity index (χ0v) is 12.5. The van der Waals surface area contributed by atoms with Gasteiger partial charge in [0.1, 0.15) is 0 Å². The van der Waals surface area contributed by atoms with Gasteiger partial charge in [0.2, 0.25) is 5.91 Å². The second-order valence-corrected chi connectivity index (χ2v) is 5.35. The molecule has 0 aliphatic heterocycles. The number of nitrogen functional groups attached to an aromatic ring is 1. The molecular weight excluding hydrogens is 274 g/mol. The molecule has 0 unspecified atom stereocenters. The van der Waals surface area contributed by atoms with Crippen LogP contribution in [0, 0.1) is 0 Å². The zero-order valence-electron chi connectivity index (χ0n) is 12.5. The highest BCUT2D eigenvalue weighted by molar-refractivity contribution is 5.96. The maximum absolute atomic E-state index is 12.2. The second kappa shape index (κ2) is 5.93. The van der Waals surface area contributed by atoms with E-state index in [2.05, 4.69) is 17.2 Å². The minimum Gasteiger partial charge on any atom is -0.398 e. The first kappa shape index (κ1) is 14.2. The first-order valence-corrected chi connectivity index (χ1v) is 7.40. The maximum Gasteiger partial charge on any atom is 0.228 e. The summed E-state index contributed by atoms with van der Waals surface area (Å²) in [6, 6.07) is 13.6. The largest absolute Gasteiger partial charge is 0.398 e. The topological polar surface area (TPSA) is 70.9 Å². The van der Waals surface area contributed by atoms with Crippen molar-refractivity contribution in [1.82, 2.24) is 4.98 Å². The van der Waals surface area contributed by atoms with E-state index in [-0.39, 0.29) is 5.91 Å². The van der Waals surface area contributed by atoms with Crippen LogP contribution in [0.2, 0.25) is 0 Å². The van der Waals surface area contributed by atoms with Crippen LogP contribution in [0.3, 0.4) is 0 Å². The molecule has 0 atom stereocenters. The Morgan fingerprint density at radius 3 is 2.77 bits per heavy atom. The van der Waals surface area contributed by atoms with Gasteiger partial charge >= 0.3 is 0 Å². The quantitative estimate of drug-likeness (QED) is 0.644. The number of aromatic nitrogens is 1. The molecule has 0 aliphatic rings. The van der Waals surface area contributed by atoms with Crippen LogP contribution in [0.25, 0.3) is 10.9 Å². The van der Waals surface area contributed by atoms with Crippen LogP contribution < -0.4 is 11.1 Å². The summed E-state index contributed by atoms with van der Waals surface area (Å²) in [7, 11) is 0. The normalized spacial score (nSPS) is 10.8. The molecule has 0 saturated heterocycles. The highest BCUT2D eigenvalue weighted by Gasteiger charge is 2.09. The standard InChI is InChI=1S/C18H19N3O/c1-2-12-7-8-14(10-16(12)19)21-18(22)9-13-11-20-17-6-4-3-5-15(13)17/h3-8,10-11,20H,2,9,19H2,1H3,(H,21,22). The van der Waals surface area contributed by atoms with Crippen LogP contribution in [0.5, 0.6) is 0 Å². The molecule has 22 heavy (non-hydrogen) atoms. The van der Waals surface area contributed by atoms with E-state index in [0.29, 0.717) is 12.1 Å². The highest BCUT2D eigenvalue weighted by atomic mass is 16.1. The molecular formula is C18H19N3O. The molecule has 112 valence electrons. The molecule has 0 fully saturated rings. The number of rotatable bonds is 4. The van der Waals surface area contributed by atoms with E-state index >= 15 is 0 Å². The number of carbonyl (C=O) groups excluding carboxylic acids is 1. The predicted octanol–water partition coefficient (Wildman–Crippen LogP) is 3.49. The summed E-state index contributed by atoms with van der Waals surface area (Å²) in [5.41, 5.74) is 10.5. The lowest BCUT2D eigenvalue weighted by atomic mass is 10.1. The summed E-state index contributed by atoms with van der Waals surface area (Å²) in [5, 5.41) is 3.99. The van der Waals surface area contributed by atoms with Crippen molar-refractivity contribution in [1.29, 1.82) is 0 Å². The Hall–Kier alpha value is -2.75. The Balaban J connectivity index is 1.74. The average molecular weight is 293 g/mol. The SMILES string of the molecule is CCc1ccc(NC(=O)Cc2c[nH]c3ccccc23)cc1N. The maximum atomic E-state index is 12.2. The number of fused-ring (bicyclic) bond motifs is 1. The van der Waals surface area contributed by atoms with Crippen molar-refractivity contribution in [2.24, 2.45) is 0 Å². The molecule has 2 aromatic carbocycles. The first-order chi connectivity index (χ1) is 10.7. The fourth-order valence-electron chi connectivity index (χ4n) is 2.65. The summed E-state index contributed by atoms with van der Waals surface area (Å²) >= 11 is 0. The molecule has 0 saturated carbocycles. The van der Waals surface area contributed by atoms with E-state index in [1.807, 2.05) is 48.7 Å². The van der Waals surface area contributed by atoms with Gasteiger partial charge in [0, 0.05) is 28.5 Å². The number of amides is 1. The Morgan fingerprint density at radius 2 is 2.00 bits per heavy atom. The number of hydrogen-bond acceptors (Lipinski definition) is 2. The molecule has 0 radical (unpaired) electrons. The number of anilines is 2. The molecule has 3 rings (SSSR count). The van der Waals surface area contributed by atoms with Crippen molar-refractivity contribution in [3.63, 3.8) is 0 Å². The molecule has 1 heterocycles. The fourth-order valence-corrected chi connectivity index (χ4v) is 2.65. The third kappa shape index (κ3) is 2.81. The van der Waals surface area contributed by atoms with Gasteiger partial charge < -0.3 is 16.0 Å². The molecule has 0 spiro atoms. The minimum atomic E-state index is -0.0478. The smallest absolute Gasteiger partial charge is 0.228 e. The van der Waals surface area contributed by atoms with Gasteiger partial charge in [-0.1, -0.05) is 31.2 Å². The highest BCUT2D eigenvalue weighted by Crippen LogP contribution is 2.20. The van der Waals surface area contributed by atoms with Gasteiger partial charge in [-0.25, -0.2) is 0 Å². The average Bonchev–Trinajstić information content (AvgIpc) is 2.91. The lowest BCUT2D eigenvalue weighted by Gasteiger charge is -2.08. The van der Waals surface area contributed by atoms with Gasteiger partial charge in [-0.3, -0.25) is 4.79 Å². The summed E-state index contributed by atoms with van der Waals surface area (Å²) in [6.45, 7) is 2.06. The van der Waals surface area contributed by atoms with Crippen molar-refractivity contribution in [2.45, 2.75) is 19.8 Å². The zero-order chi connectivity index (χ0) is 15.5. The van der Waals surface area contributed by atoms with Crippen LogP contribution in [0.15, 0.2) is 48.7 Å². The molecule has 1 amide bonds. The van der Waals surface area contributed by atoms with Crippen LogP contribution in [-0.4, -0.2) is 10.9 Å². The fraction of sp³-hybridized carbons (Fsp3) is 0.167. The summed E-state index contributed by atoms with van der Waals surface area (Å²) in [5.74, 6) is -0.0478. The number of H-pyrrole nitrogens is 1. The third-order valence-corrected chi connectivity index (χ3v) is 3.84. The molecule has 1 aromatic heterocycles. The van der Waals surface area contributed by atoms with E-state index in [1.54, 1.807) is 0 Å². The lowest BCUT2D eigenvalue weighted by molar-refractivity contribution is -0.115. The number of nitrogens with one attached hydrogen (secondary N) is 2. The van der Waals surface area contributed by atoms with Crippen LogP contribution in [0.1, 0.15) is 18.1 Å². The van der Waals surface area contributed by atoms with E-state index in [1.165, 1.54) is 0 Å². The molecule has 4 nitrogen and oxygen atoms in total. The molecule has 0 aliphatic carbocycles. The van der Waals surface area contributed by atoms with E-state index in [4.69, 9.17) is 5.73 Å². The van der Waals surface area contributed by atoms with Crippen molar-refractivity contribution in [2.75, 3.05) is 11.1 Å². The molecule has 4 N–H and O–H groups in total. The number of hydrogen-bond donors (Lipinski definition) is 3. The number of aryl methyl sites for hydroxylation is 1. The molecule has 0 bridgehead atoms. The van der Waals surface area contributed by atoms with Crippen molar-refractivity contribution in [3.05, 3.63) is 59.8 Å². The molecule has 3 aromatic rings. The van der Waals surface area contributed by atoms with Gasteiger partial charge in [-0.05, 0) is 35.7 Å². The number of carbonyl (C=O) groups is 1. The summed E-state index contributed by atoms with van der Waals surface area (Å²) in [4.78, 5) is 15.4. The molecule has 4 heteroatoms. The summed E-state index contributed by atoms with van der Waals surface area (Å²) in [6.07, 6.45) is 3.10. The second-order valence-electron chi connectivity index (χ2n) is 5.35. The Labute approximate surface area is 129 Å². The monoisotopic (exact) mass is 293 g/mol. The predicted molar refractivity (Wildman–Crippen MR) is 90.9 cm³/mol. The van der Waals surface area contributed by atoms with Crippen molar-refractivity contribution in [3.8, 4) is 0 Å².